The predicted molar refractivity (Wildman–Crippen MR) is 127 cm³/mol. The number of carbonyl (C=O) groups excluding carboxylic acids is 1. The SMILES string of the molecule is CCCCCC1CCC(c2ccc(C(=O)O[C@H]3CC[C@H](CCCCC)CC3)cc2)OC1. The van der Waals surface area contributed by atoms with Gasteiger partial charge in [-0.25, -0.2) is 4.79 Å². The Morgan fingerprint density at radius 1 is 0.839 bits per heavy atom. The average Bonchev–Trinajstić information content (AvgIpc) is 2.81. The number of carbonyl (C=O) groups is 1. The summed E-state index contributed by atoms with van der Waals surface area (Å²) in [6.07, 6.45) is 17.6. The Morgan fingerprint density at radius 3 is 2.03 bits per heavy atom. The first-order valence-electron chi connectivity index (χ1n) is 13.1. The first-order chi connectivity index (χ1) is 15.2. The molecule has 1 aromatic carbocycles. The number of ether oxygens (including phenoxy) is 2. The van der Waals surface area contributed by atoms with Crippen LogP contribution in [-0.2, 0) is 9.47 Å². The lowest BCUT2D eigenvalue weighted by Gasteiger charge is -2.29. The lowest BCUT2D eigenvalue weighted by atomic mass is 9.84. The smallest absolute Gasteiger partial charge is 0.338 e. The molecule has 3 rings (SSSR count). The lowest BCUT2D eigenvalue weighted by molar-refractivity contribution is -0.0199. The maximum atomic E-state index is 12.6. The van der Waals surface area contributed by atoms with E-state index >= 15 is 0 Å². The third kappa shape index (κ3) is 7.93. The summed E-state index contributed by atoms with van der Waals surface area (Å²) in [4.78, 5) is 12.6. The first kappa shape index (κ1) is 24.3. The fourth-order valence-electron chi connectivity index (χ4n) is 5.25. The van der Waals surface area contributed by atoms with Crippen LogP contribution in [0.4, 0.5) is 0 Å². The van der Waals surface area contributed by atoms with E-state index in [0.717, 1.165) is 37.7 Å². The van der Waals surface area contributed by atoms with Gasteiger partial charge in [0.05, 0.1) is 18.3 Å². The van der Waals surface area contributed by atoms with Gasteiger partial charge in [-0.05, 0) is 74.5 Å². The normalized spacial score (nSPS) is 26.5. The van der Waals surface area contributed by atoms with Crippen molar-refractivity contribution in [3.8, 4) is 0 Å². The summed E-state index contributed by atoms with van der Waals surface area (Å²) in [5, 5.41) is 0. The van der Waals surface area contributed by atoms with Gasteiger partial charge in [-0.3, -0.25) is 0 Å². The van der Waals surface area contributed by atoms with Crippen molar-refractivity contribution in [3.05, 3.63) is 35.4 Å². The Balaban J connectivity index is 1.39. The molecule has 1 aliphatic heterocycles. The molecule has 2 atom stereocenters. The molecule has 1 aromatic rings. The van der Waals surface area contributed by atoms with Crippen LogP contribution in [0.3, 0.4) is 0 Å². The van der Waals surface area contributed by atoms with E-state index in [0.29, 0.717) is 5.56 Å². The third-order valence-corrected chi connectivity index (χ3v) is 7.39. The minimum atomic E-state index is -0.165. The van der Waals surface area contributed by atoms with E-state index in [1.807, 2.05) is 12.1 Å². The number of rotatable bonds is 11. The number of hydrogen-bond acceptors (Lipinski definition) is 3. The molecule has 1 heterocycles. The molecule has 3 heteroatoms. The van der Waals surface area contributed by atoms with Gasteiger partial charge >= 0.3 is 5.97 Å². The van der Waals surface area contributed by atoms with E-state index in [9.17, 15) is 4.79 Å². The Bertz CT molecular complexity index is 622. The molecule has 0 bridgehead atoms. The highest BCUT2D eigenvalue weighted by molar-refractivity contribution is 5.89. The first-order valence-corrected chi connectivity index (χ1v) is 13.1. The summed E-state index contributed by atoms with van der Waals surface area (Å²) >= 11 is 0. The number of hydrogen-bond donors (Lipinski definition) is 0. The number of esters is 1. The fourth-order valence-corrected chi connectivity index (χ4v) is 5.25. The van der Waals surface area contributed by atoms with Gasteiger partial charge in [-0.2, -0.15) is 0 Å². The van der Waals surface area contributed by atoms with Crippen molar-refractivity contribution < 1.29 is 14.3 Å². The molecule has 174 valence electrons. The zero-order valence-electron chi connectivity index (χ0n) is 20.0. The lowest BCUT2D eigenvalue weighted by Crippen LogP contribution is -2.24. The summed E-state index contributed by atoms with van der Waals surface area (Å²) < 4.78 is 12.0. The molecule has 0 N–H and O–H groups in total. The van der Waals surface area contributed by atoms with Crippen LogP contribution in [-0.4, -0.2) is 18.7 Å². The maximum absolute atomic E-state index is 12.6. The zero-order chi connectivity index (χ0) is 21.9. The maximum Gasteiger partial charge on any atom is 0.338 e. The molecule has 2 fully saturated rings. The van der Waals surface area contributed by atoms with Gasteiger partial charge < -0.3 is 9.47 Å². The van der Waals surface area contributed by atoms with Crippen LogP contribution >= 0.6 is 0 Å². The quantitative estimate of drug-likeness (QED) is 0.264. The van der Waals surface area contributed by atoms with Crippen LogP contribution in [0.2, 0.25) is 0 Å². The summed E-state index contributed by atoms with van der Waals surface area (Å²) in [6.45, 7) is 5.39. The fraction of sp³-hybridized carbons (Fsp3) is 0.750. The van der Waals surface area contributed by atoms with Gasteiger partial charge in [0.2, 0.25) is 0 Å². The summed E-state index contributed by atoms with van der Waals surface area (Å²) in [5.41, 5.74) is 1.86. The van der Waals surface area contributed by atoms with Crippen LogP contribution in [0.1, 0.15) is 126 Å². The van der Waals surface area contributed by atoms with Crippen molar-refractivity contribution in [1.82, 2.24) is 0 Å². The average molecular weight is 429 g/mol. The molecular weight excluding hydrogens is 384 g/mol. The van der Waals surface area contributed by atoms with Gasteiger partial charge in [-0.1, -0.05) is 70.9 Å². The number of benzene rings is 1. The van der Waals surface area contributed by atoms with Gasteiger partial charge in [0.15, 0.2) is 0 Å². The monoisotopic (exact) mass is 428 g/mol. The largest absolute Gasteiger partial charge is 0.459 e. The summed E-state index contributed by atoms with van der Waals surface area (Å²) in [5.74, 6) is 1.39. The Hall–Kier alpha value is -1.35. The van der Waals surface area contributed by atoms with Crippen molar-refractivity contribution in [1.29, 1.82) is 0 Å². The Kier molecular flexibility index (Phi) is 10.4. The second kappa shape index (κ2) is 13.3. The minimum absolute atomic E-state index is 0.0981. The Morgan fingerprint density at radius 2 is 1.45 bits per heavy atom. The molecule has 0 aromatic heterocycles. The highest BCUT2D eigenvalue weighted by Gasteiger charge is 2.25. The van der Waals surface area contributed by atoms with E-state index in [-0.39, 0.29) is 18.2 Å². The van der Waals surface area contributed by atoms with E-state index < -0.39 is 0 Å². The highest BCUT2D eigenvalue weighted by Crippen LogP contribution is 2.33. The van der Waals surface area contributed by atoms with Crippen LogP contribution < -0.4 is 0 Å². The van der Waals surface area contributed by atoms with E-state index in [2.05, 4.69) is 26.0 Å². The van der Waals surface area contributed by atoms with Gasteiger partial charge in [0.25, 0.3) is 0 Å². The van der Waals surface area contributed by atoms with E-state index in [4.69, 9.17) is 9.47 Å². The topological polar surface area (TPSA) is 35.5 Å². The van der Waals surface area contributed by atoms with Crippen molar-refractivity contribution in [2.24, 2.45) is 11.8 Å². The standard InChI is InChI=1S/C28H44O3/c1-3-5-7-9-22-11-18-26(19-12-22)31-28(29)25-16-14-24(15-17-25)27-20-13-23(21-30-27)10-8-6-4-2/h14-17,22-23,26-27H,3-13,18-21H2,1-2H3/t22-,23?,26-,27?. The molecule has 1 saturated heterocycles. The van der Waals surface area contributed by atoms with Gasteiger partial charge in [-0.15, -0.1) is 0 Å². The predicted octanol–water partition coefficient (Wildman–Crippen LogP) is 8.03. The molecule has 2 unspecified atom stereocenters. The van der Waals surface area contributed by atoms with Crippen molar-refractivity contribution >= 4 is 5.97 Å². The zero-order valence-corrected chi connectivity index (χ0v) is 20.0. The molecular formula is C28H44O3. The molecule has 0 radical (unpaired) electrons. The molecule has 1 aliphatic carbocycles. The van der Waals surface area contributed by atoms with Gasteiger partial charge in [0.1, 0.15) is 6.10 Å². The molecule has 0 spiro atoms. The molecule has 2 aliphatic rings. The second-order valence-electron chi connectivity index (χ2n) is 9.93. The molecule has 0 amide bonds. The second-order valence-corrected chi connectivity index (χ2v) is 9.93. The summed E-state index contributed by atoms with van der Waals surface area (Å²) in [6, 6.07) is 7.96. The summed E-state index contributed by atoms with van der Waals surface area (Å²) in [7, 11) is 0. The highest BCUT2D eigenvalue weighted by atomic mass is 16.5. The Labute approximate surface area is 190 Å². The van der Waals surface area contributed by atoms with Crippen LogP contribution in [0.15, 0.2) is 24.3 Å². The van der Waals surface area contributed by atoms with E-state index in [1.165, 1.54) is 76.2 Å². The molecule has 3 nitrogen and oxygen atoms in total. The van der Waals surface area contributed by atoms with Crippen molar-refractivity contribution in [2.75, 3.05) is 6.61 Å². The molecule has 31 heavy (non-hydrogen) atoms. The third-order valence-electron chi connectivity index (χ3n) is 7.39. The number of unbranched alkanes of at least 4 members (excludes halogenated alkanes) is 4. The van der Waals surface area contributed by atoms with Gasteiger partial charge in [0, 0.05) is 0 Å². The minimum Gasteiger partial charge on any atom is -0.459 e. The van der Waals surface area contributed by atoms with Crippen molar-refractivity contribution in [3.63, 3.8) is 0 Å². The van der Waals surface area contributed by atoms with Crippen LogP contribution in [0.25, 0.3) is 0 Å². The van der Waals surface area contributed by atoms with E-state index in [1.54, 1.807) is 0 Å². The van der Waals surface area contributed by atoms with Crippen LogP contribution in [0, 0.1) is 11.8 Å². The van der Waals surface area contributed by atoms with Crippen molar-refractivity contribution in [2.45, 2.75) is 116 Å². The van der Waals surface area contributed by atoms with Crippen LogP contribution in [0.5, 0.6) is 0 Å². The molecule has 1 saturated carbocycles.